The number of ether oxygens (including phenoxy) is 1. The summed E-state index contributed by atoms with van der Waals surface area (Å²) in [6.45, 7) is 11.5. The van der Waals surface area contributed by atoms with Crippen molar-refractivity contribution in [3.8, 4) is 0 Å². The molecular weight excluding hydrogens is 631 g/mol. The van der Waals surface area contributed by atoms with E-state index in [-0.39, 0.29) is 24.5 Å². The number of nitrogens with zero attached hydrogens (tertiary/aromatic N) is 1. The van der Waals surface area contributed by atoms with E-state index >= 15 is 0 Å². The van der Waals surface area contributed by atoms with E-state index in [9.17, 15) is 15.0 Å². The van der Waals surface area contributed by atoms with Crippen molar-refractivity contribution in [3.05, 3.63) is 0 Å². The van der Waals surface area contributed by atoms with Gasteiger partial charge in [-0.05, 0) is 51.6 Å². The van der Waals surface area contributed by atoms with E-state index in [4.69, 9.17) is 4.74 Å². The van der Waals surface area contributed by atoms with Gasteiger partial charge in [-0.3, -0.25) is 9.69 Å². The lowest BCUT2D eigenvalue weighted by Gasteiger charge is -2.34. The molecule has 0 amide bonds. The Morgan fingerprint density at radius 2 is 0.804 bits per heavy atom. The Hall–Kier alpha value is -0.650. The second kappa shape index (κ2) is 40.5. The van der Waals surface area contributed by atoms with Crippen molar-refractivity contribution in [2.45, 2.75) is 258 Å². The summed E-state index contributed by atoms with van der Waals surface area (Å²) in [6, 6.07) is -0.161. The molecule has 0 bridgehead atoms. The van der Waals surface area contributed by atoms with Crippen molar-refractivity contribution in [1.82, 2.24) is 4.90 Å². The summed E-state index contributed by atoms with van der Waals surface area (Å²) in [6.07, 6.45) is 41.0. The number of esters is 1. The number of aliphatic hydroxyl groups excluding tert-OH is 2. The van der Waals surface area contributed by atoms with Crippen molar-refractivity contribution in [2.75, 3.05) is 26.3 Å². The minimum atomic E-state index is -0.459. The number of hydrogen-bond acceptors (Lipinski definition) is 5. The highest BCUT2D eigenvalue weighted by Gasteiger charge is 2.25. The van der Waals surface area contributed by atoms with E-state index in [2.05, 4.69) is 32.6 Å². The standard InChI is InChI=1S/C46H93NO4/c1-5-9-13-17-19-20-21-22-23-24-25-27-32-38-45(49)44(42-48)47(39-33-16-12-8-4)40-34-28-29-35-41-51-46(50)43(36-30-15-11-7-3)37-31-26-18-14-10-6-2/h43-45,48-49H,5-42H2,1-4H3. The Labute approximate surface area is 320 Å². The van der Waals surface area contributed by atoms with Crippen LogP contribution in [0.4, 0.5) is 0 Å². The van der Waals surface area contributed by atoms with Crippen molar-refractivity contribution < 1.29 is 19.7 Å². The van der Waals surface area contributed by atoms with Crippen molar-refractivity contribution in [1.29, 1.82) is 0 Å². The summed E-state index contributed by atoms with van der Waals surface area (Å²) in [4.78, 5) is 15.4. The van der Waals surface area contributed by atoms with Crippen LogP contribution in [0, 0.1) is 5.92 Å². The van der Waals surface area contributed by atoms with Crippen molar-refractivity contribution >= 4 is 5.97 Å². The molecule has 0 aromatic heterocycles. The zero-order valence-electron chi connectivity index (χ0n) is 35.3. The second-order valence-electron chi connectivity index (χ2n) is 16.1. The maximum atomic E-state index is 13.0. The fourth-order valence-corrected chi connectivity index (χ4v) is 7.66. The molecule has 0 rings (SSSR count). The molecule has 0 aliphatic heterocycles. The van der Waals surface area contributed by atoms with E-state index in [0.29, 0.717) is 6.61 Å². The molecular formula is C46H93NO4. The van der Waals surface area contributed by atoms with Crippen LogP contribution in [0.15, 0.2) is 0 Å². The first-order chi connectivity index (χ1) is 25.0. The second-order valence-corrected chi connectivity index (χ2v) is 16.1. The largest absolute Gasteiger partial charge is 0.465 e. The highest BCUT2D eigenvalue weighted by atomic mass is 16.5. The number of carbonyl (C=O) groups excluding carboxylic acids is 1. The Bertz CT molecular complexity index is 688. The molecule has 5 nitrogen and oxygen atoms in total. The van der Waals surface area contributed by atoms with E-state index in [1.54, 1.807) is 0 Å². The number of carbonyl (C=O) groups is 1. The topological polar surface area (TPSA) is 70.0 Å². The first-order valence-corrected chi connectivity index (χ1v) is 23.2. The quantitative estimate of drug-likeness (QED) is 0.0485. The predicted molar refractivity (Wildman–Crippen MR) is 223 cm³/mol. The van der Waals surface area contributed by atoms with Crippen LogP contribution in [0.25, 0.3) is 0 Å². The summed E-state index contributed by atoms with van der Waals surface area (Å²) >= 11 is 0. The molecule has 0 saturated carbocycles. The van der Waals surface area contributed by atoms with Crippen LogP contribution in [-0.4, -0.2) is 59.5 Å². The summed E-state index contributed by atoms with van der Waals surface area (Å²) in [5.41, 5.74) is 0. The van der Waals surface area contributed by atoms with Crippen molar-refractivity contribution in [3.63, 3.8) is 0 Å². The van der Waals surface area contributed by atoms with Gasteiger partial charge in [0, 0.05) is 0 Å². The van der Waals surface area contributed by atoms with Crippen LogP contribution in [-0.2, 0) is 9.53 Å². The van der Waals surface area contributed by atoms with Gasteiger partial charge in [0.15, 0.2) is 0 Å². The smallest absolute Gasteiger partial charge is 0.308 e. The molecule has 3 unspecified atom stereocenters. The zero-order chi connectivity index (χ0) is 37.5. The molecule has 51 heavy (non-hydrogen) atoms. The predicted octanol–water partition coefficient (Wildman–Crippen LogP) is 13.5. The van der Waals surface area contributed by atoms with Crippen molar-refractivity contribution in [2.24, 2.45) is 5.92 Å². The first-order valence-electron chi connectivity index (χ1n) is 23.2. The molecule has 5 heteroatoms. The molecule has 306 valence electrons. The van der Waals surface area contributed by atoms with Gasteiger partial charge >= 0.3 is 5.97 Å². The maximum absolute atomic E-state index is 13.0. The van der Waals surface area contributed by atoms with Gasteiger partial charge in [0.1, 0.15) is 0 Å². The molecule has 0 aromatic carbocycles. The van der Waals surface area contributed by atoms with Gasteiger partial charge in [-0.2, -0.15) is 0 Å². The zero-order valence-corrected chi connectivity index (χ0v) is 35.3. The Balaban J connectivity index is 4.45. The highest BCUT2D eigenvalue weighted by molar-refractivity contribution is 5.72. The first kappa shape index (κ1) is 50.4. The minimum absolute atomic E-state index is 0.0295. The molecule has 3 atom stereocenters. The number of unbranched alkanes of at least 4 members (excludes halogenated alkanes) is 26. The highest BCUT2D eigenvalue weighted by Crippen LogP contribution is 2.21. The third-order valence-electron chi connectivity index (χ3n) is 11.2. The fraction of sp³-hybridized carbons (Fsp3) is 0.978. The molecule has 0 aromatic rings. The van der Waals surface area contributed by atoms with Crippen LogP contribution in [0.1, 0.15) is 246 Å². The molecule has 0 fully saturated rings. The van der Waals surface area contributed by atoms with Gasteiger partial charge in [0.2, 0.25) is 0 Å². The summed E-state index contributed by atoms with van der Waals surface area (Å²) < 4.78 is 5.83. The van der Waals surface area contributed by atoms with Crippen LogP contribution in [0.3, 0.4) is 0 Å². The third-order valence-corrected chi connectivity index (χ3v) is 11.2. The molecule has 2 N–H and O–H groups in total. The minimum Gasteiger partial charge on any atom is -0.465 e. The summed E-state index contributed by atoms with van der Waals surface area (Å²) in [7, 11) is 0. The lowest BCUT2D eigenvalue weighted by molar-refractivity contribution is -0.149. The van der Waals surface area contributed by atoms with Crippen LogP contribution < -0.4 is 0 Å². The van der Waals surface area contributed by atoms with E-state index < -0.39 is 6.10 Å². The van der Waals surface area contributed by atoms with Gasteiger partial charge in [-0.15, -0.1) is 0 Å². The van der Waals surface area contributed by atoms with Gasteiger partial charge in [-0.1, -0.05) is 207 Å². The summed E-state index contributed by atoms with van der Waals surface area (Å²) in [5, 5.41) is 21.5. The van der Waals surface area contributed by atoms with Crippen LogP contribution in [0.2, 0.25) is 0 Å². The van der Waals surface area contributed by atoms with Gasteiger partial charge in [-0.25, -0.2) is 0 Å². The fourth-order valence-electron chi connectivity index (χ4n) is 7.66. The monoisotopic (exact) mass is 724 g/mol. The Morgan fingerprint density at radius 3 is 1.24 bits per heavy atom. The SMILES string of the molecule is CCCCCCCCCCCCCCCC(O)C(CO)N(CCCCCC)CCCCCCOC(=O)C(CCCCCC)CCCCCCCC. The molecule has 0 aliphatic rings. The van der Waals surface area contributed by atoms with Gasteiger partial charge < -0.3 is 14.9 Å². The summed E-state index contributed by atoms with van der Waals surface area (Å²) in [5.74, 6) is 0.123. The normalized spacial score (nSPS) is 13.5. The lowest BCUT2D eigenvalue weighted by atomic mass is 9.94. The average Bonchev–Trinajstić information content (AvgIpc) is 3.13. The third kappa shape index (κ3) is 32.5. The maximum Gasteiger partial charge on any atom is 0.308 e. The Morgan fingerprint density at radius 1 is 0.471 bits per heavy atom. The molecule has 0 saturated heterocycles. The van der Waals surface area contributed by atoms with E-state index in [0.717, 1.165) is 83.7 Å². The molecule has 0 heterocycles. The van der Waals surface area contributed by atoms with Gasteiger partial charge in [0.25, 0.3) is 0 Å². The molecule has 0 radical (unpaired) electrons. The van der Waals surface area contributed by atoms with E-state index in [1.807, 2.05) is 0 Å². The van der Waals surface area contributed by atoms with Crippen LogP contribution in [0.5, 0.6) is 0 Å². The average molecular weight is 724 g/mol. The molecule has 0 aliphatic carbocycles. The lowest BCUT2D eigenvalue weighted by Crippen LogP contribution is -2.47. The van der Waals surface area contributed by atoms with Crippen LogP contribution >= 0.6 is 0 Å². The number of aliphatic hydroxyl groups is 2. The van der Waals surface area contributed by atoms with Gasteiger partial charge in [0.05, 0.1) is 31.3 Å². The number of rotatable bonds is 42. The molecule has 0 spiro atoms. The van der Waals surface area contributed by atoms with E-state index in [1.165, 1.54) is 148 Å². The number of hydrogen-bond donors (Lipinski definition) is 2. The Kier molecular flexibility index (Phi) is 40.0.